The lowest BCUT2D eigenvalue weighted by molar-refractivity contribution is -0.140. The summed E-state index contributed by atoms with van der Waals surface area (Å²) in [7, 11) is 0. The maximum absolute atomic E-state index is 12.3. The zero-order valence-electron chi connectivity index (χ0n) is 14.7. The van der Waals surface area contributed by atoms with Gasteiger partial charge in [-0.05, 0) is 24.6 Å². The first-order valence-corrected chi connectivity index (χ1v) is 8.90. The van der Waals surface area contributed by atoms with Crippen LogP contribution in [0.4, 0.5) is 0 Å². The Hall–Kier alpha value is -2.41. The van der Waals surface area contributed by atoms with Crippen molar-refractivity contribution in [1.29, 1.82) is 0 Å². The summed E-state index contributed by atoms with van der Waals surface area (Å²) in [5, 5.41) is 3.38. The van der Waals surface area contributed by atoms with Crippen LogP contribution < -0.4 is 5.32 Å². The van der Waals surface area contributed by atoms with Crippen molar-refractivity contribution in [1.82, 2.24) is 15.1 Å². The Kier molecular flexibility index (Phi) is 7.15. The highest BCUT2D eigenvalue weighted by Gasteiger charge is 2.29. The van der Waals surface area contributed by atoms with E-state index in [0.717, 1.165) is 10.5 Å². The first-order valence-electron chi connectivity index (χ1n) is 8.52. The number of amides is 4. The standard InChI is InChI=1S/C18H22ClN3O4/c1-2-21(16(24)9-10-22-17(25)7-8-18(22)26)12-15(23)20-11-13-3-5-14(19)6-4-13/h3-6H,2,7-12H2,1H3,(H,20,23). The molecular formula is C18H22ClN3O4. The quantitative estimate of drug-likeness (QED) is 0.690. The lowest BCUT2D eigenvalue weighted by atomic mass is 10.2. The van der Waals surface area contributed by atoms with Crippen LogP contribution in [0.3, 0.4) is 0 Å². The highest BCUT2D eigenvalue weighted by Crippen LogP contribution is 2.12. The average molecular weight is 380 g/mol. The monoisotopic (exact) mass is 379 g/mol. The van der Waals surface area contributed by atoms with Gasteiger partial charge >= 0.3 is 0 Å². The first-order chi connectivity index (χ1) is 12.4. The van der Waals surface area contributed by atoms with Crippen LogP contribution in [0.1, 0.15) is 31.7 Å². The van der Waals surface area contributed by atoms with Gasteiger partial charge in [0.25, 0.3) is 0 Å². The Labute approximate surface area is 157 Å². The van der Waals surface area contributed by atoms with Gasteiger partial charge in [0.05, 0.1) is 6.54 Å². The Morgan fingerprint density at radius 3 is 2.35 bits per heavy atom. The molecule has 0 saturated carbocycles. The number of benzene rings is 1. The summed E-state index contributed by atoms with van der Waals surface area (Å²) < 4.78 is 0. The molecule has 0 aromatic heterocycles. The Morgan fingerprint density at radius 1 is 1.15 bits per heavy atom. The highest BCUT2D eigenvalue weighted by atomic mass is 35.5. The van der Waals surface area contributed by atoms with Gasteiger partial charge in [0, 0.05) is 43.9 Å². The van der Waals surface area contributed by atoms with Crippen LogP contribution in [0.15, 0.2) is 24.3 Å². The van der Waals surface area contributed by atoms with Crippen LogP contribution in [-0.4, -0.2) is 53.1 Å². The van der Waals surface area contributed by atoms with Gasteiger partial charge < -0.3 is 10.2 Å². The maximum atomic E-state index is 12.3. The van der Waals surface area contributed by atoms with Gasteiger partial charge in [-0.15, -0.1) is 0 Å². The van der Waals surface area contributed by atoms with Gasteiger partial charge in [-0.1, -0.05) is 23.7 Å². The molecule has 7 nitrogen and oxygen atoms in total. The van der Waals surface area contributed by atoms with Crippen molar-refractivity contribution in [3.63, 3.8) is 0 Å². The minimum absolute atomic E-state index is 0.0236. The molecule has 1 N–H and O–H groups in total. The van der Waals surface area contributed by atoms with Crippen molar-refractivity contribution < 1.29 is 19.2 Å². The van der Waals surface area contributed by atoms with E-state index in [1.807, 2.05) is 12.1 Å². The number of likely N-dealkylation sites (N-methyl/N-ethyl adjacent to an activating group) is 1. The number of nitrogens with zero attached hydrogens (tertiary/aromatic N) is 2. The van der Waals surface area contributed by atoms with E-state index in [-0.39, 0.29) is 56.0 Å². The second kappa shape index (κ2) is 9.33. The minimum Gasteiger partial charge on any atom is -0.350 e. The summed E-state index contributed by atoms with van der Waals surface area (Å²) in [5.74, 6) is -1.02. The van der Waals surface area contributed by atoms with E-state index in [4.69, 9.17) is 11.6 Å². The van der Waals surface area contributed by atoms with E-state index in [1.54, 1.807) is 19.1 Å². The van der Waals surface area contributed by atoms with Gasteiger partial charge in [0.15, 0.2) is 0 Å². The molecule has 4 amide bonds. The fourth-order valence-corrected chi connectivity index (χ4v) is 2.77. The lowest BCUT2D eigenvalue weighted by Gasteiger charge is -2.22. The number of hydrogen-bond acceptors (Lipinski definition) is 4. The Balaban J connectivity index is 1.78. The molecule has 0 atom stereocenters. The van der Waals surface area contributed by atoms with E-state index in [2.05, 4.69) is 5.32 Å². The zero-order chi connectivity index (χ0) is 19.1. The molecule has 0 aliphatic carbocycles. The minimum atomic E-state index is -0.275. The van der Waals surface area contributed by atoms with Gasteiger partial charge in [-0.3, -0.25) is 24.1 Å². The fourth-order valence-electron chi connectivity index (χ4n) is 2.65. The van der Waals surface area contributed by atoms with Crippen molar-refractivity contribution in [2.45, 2.75) is 32.7 Å². The molecule has 0 bridgehead atoms. The smallest absolute Gasteiger partial charge is 0.239 e. The molecule has 8 heteroatoms. The number of nitrogens with one attached hydrogen (secondary N) is 1. The normalized spacial score (nSPS) is 13.8. The van der Waals surface area contributed by atoms with Gasteiger partial charge in [0.1, 0.15) is 0 Å². The van der Waals surface area contributed by atoms with Crippen LogP contribution >= 0.6 is 11.6 Å². The topological polar surface area (TPSA) is 86.8 Å². The van der Waals surface area contributed by atoms with Crippen LogP contribution in [0, 0.1) is 0 Å². The highest BCUT2D eigenvalue weighted by molar-refractivity contribution is 6.30. The molecule has 1 aliphatic rings. The predicted molar refractivity (Wildman–Crippen MR) is 96.1 cm³/mol. The summed E-state index contributed by atoms with van der Waals surface area (Å²) in [6, 6.07) is 7.11. The summed E-state index contributed by atoms with van der Waals surface area (Å²) in [6.07, 6.45) is 0.436. The largest absolute Gasteiger partial charge is 0.350 e. The number of imide groups is 1. The third-order valence-electron chi connectivity index (χ3n) is 4.18. The first kappa shape index (κ1) is 19.9. The average Bonchev–Trinajstić information content (AvgIpc) is 2.95. The SMILES string of the molecule is CCN(CC(=O)NCc1ccc(Cl)cc1)C(=O)CCN1C(=O)CCC1=O. The second-order valence-electron chi connectivity index (χ2n) is 6.00. The molecule has 140 valence electrons. The van der Waals surface area contributed by atoms with Crippen LogP contribution in [0.2, 0.25) is 5.02 Å². The molecular weight excluding hydrogens is 358 g/mol. The van der Waals surface area contributed by atoms with E-state index >= 15 is 0 Å². The number of halogens is 1. The van der Waals surface area contributed by atoms with Crippen molar-refractivity contribution in [3.8, 4) is 0 Å². The molecule has 26 heavy (non-hydrogen) atoms. The number of rotatable bonds is 8. The molecule has 0 radical (unpaired) electrons. The summed E-state index contributed by atoms with van der Waals surface area (Å²) in [4.78, 5) is 50.0. The van der Waals surface area contributed by atoms with Gasteiger partial charge in [-0.25, -0.2) is 0 Å². The van der Waals surface area contributed by atoms with Gasteiger partial charge in [0.2, 0.25) is 23.6 Å². The maximum Gasteiger partial charge on any atom is 0.239 e. The summed E-state index contributed by atoms with van der Waals surface area (Å²) in [6.45, 7) is 2.49. The van der Waals surface area contributed by atoms with Crippen LogP contribution in [0.25, 0.3) is 0 Å². The van der Waals surface area contributed by atoms with Crippen molar-refractivity contribution in [2.75, 3.05) is 19.6 Å². The lowest BCUT2D eigenvalue weighted by Crippen LogP contribution is -2.42. The Bertz CT molecular complexity index is 674. The molecule has 1 aromatic carbocycles. The Morgan fingerprint density at radius 2 is 1.77 bits per heavy atom. The number of likely N-dealkylation sites (tertiary alicyclic amines) is 1. The number of hydrogen-bond donors (Lipinski definition) is 1. The summed E-state index contributed by atoms with van der Waals surface area (Å²) >= 11 is 5.81. The van der Waals surface area contributed by atoms with Crippen molar-refractivity contribution >= 4 is 35.2 Å². The summed E-state index contributed by atoms with van der Waals surface area (Å²) in [5.41, 5.74) is 0.906. The molecule has 1 aromatic rings. The predicted octanol–water partition coefficient (Wildman–Crippen LogP) is 1.34. The fraction of sp³-hybridized carbons (Fsp3) is 0.444. The van der Waals surface area contributed by atoms with Crippen molar-refractivity contribution in [3.05, 3.63) is 34.9 Å². The third-order valence-corrected chi connectivity index (χ3v) is 4.43. The number of carbonyl (C=O) groups is 4. The van der Waals surface area contributed by atoms with E-state index in [1.165, 1.54) is 4.90 Å². The van der Waals surface area contributed by atoms with Crippen LogP contribution in [0.5, 0.6) is 0 Å². The number of carbonyl (C=O) groups excluding carboxylic acids is 4. The molecule has 0 unspecified atom stereocenters. The van der Waals surface area contributed by atoms with Crippen LogP contribution in [-0.2, 0) is 25.7 Å². The second-order valence-corrected chi connectivity index (χ2v) is 6.44. The molecule has 1 heterocycles. The molecule has 1 fully saturated rings. The van der Waals surface area contributed by atoms with E-state index in [0.29, 0.717) is 18.1 Å². The molecule has 2 rings (SSSR count). The van der Waals surface area contributed by atoms with Gasteiger partial charge in [-0.2, -0.15) is 0 Å². The van der Waals surface area contributed by atoms with E-state index in [9.17, 15) is 19.2 Å². The third kappa shape index (κ3) is 5.56. The van der Waals surface area contributed by atoms with E-state index < -0.39 is 0 Å². The molecule has 1 saturated heterocycles. The molecule has 1 aliphatic heterocycles. The molecule has 0 spiro atoms. The zero-order valence-corrected chi connectivity index (χ0v) is 15.4. The van der Waals surface area contributed by atoms with Crippen molar-refractivity contribution in [2.24, 2.45) is 0 Å².